The highest BCUT2D eigenvalue weighted by Crippen LogP contribution is 2.16. The Morgan fingerprint density at radius 3 is 3.27 bits per heavy atom. The molecule has 1 N–H and O–H groups in total. The highest BCUT2D eigenvalue weighted by Gasteiger charge is 2.14. The maximum absolute atomic E-state index is 12.7. The Kier molecular flexibility index (Phi) is 3.50. The van der Waals surface area contributed by atoms with Gasteiger partial charge in [-0.2, -0.15) is 4.39 Å². The molecule has 0 spiro atoms. The third-order valence-electron chi connectivity index (χ3n) is 2.63. The topological polar surface area (TPSA) is 34.1 Å². The summed E-state index contributed by atoms with van der Waals surface area (Å²) in [6.45, 7) is 2.61. The molecular weight excluding hydrogens is 195 g/mol. The quantitative estimate of drug-likeness (QED) is 0.772. The van der Waals surface area contributed by atoms with E-state index < -0.39 is 5.95 Å². The van der Waals surface area contributed by atoms with Crippen molar-refractivity contribution in [1.82, 2.24) is 4.98 Å². The monoisotopic (exact) mass is 210 g/mol. The van der Waals surface area contributed by atoms with E-state index in [1.54, 1.807) is 6.07 Å². The summed E-state index contributed by atoms with van der Waals surface area (Å²) in [5.41, 5.74) is 0.793. The number of aromatic nitrogens is 1. The average molecular weight is 210 g/mol. The Morgan fingerprint density at radius 2 is 2.53 bits per heavy atom. The molecule has 1 aliphatic rings. The molecule has 1 aromatic rings. The Bertz CT molecular complexity index is 313. The van der Waals surface area contributed by atoms with Gasteiger partial charge >= 0.3 is 0 Å². The van der Waals surface area contributed by atoms with Crippen molar-refractivity contribution in [2.24, 2.45) is 5.92 Å². The zero-order chi connectivity index (χ0) is 10.5. The van der Waals surface area contributed by atoms with Gasteiger partial charge in [-0.3, -0.25) is 0 Å². The molecule has 0 saturated carbocycles. The molecule has 0 radical (unpaired) electrons. The van der Waals surface area contributed by atoms with E-state index in [1.807, 2.05) is 0 Å². The molecule has 1 fully saturated rings. The first kappa shape index (κ1) is 10.4. The fraction of sp³-hybridized carbons (Fsp3) is 0.545. The van der Waals surface area contributed by atoms with Gasteiger partial charge in [-0.05, 0) is 24.8 Å². The molecule has 1 aliphatic heterocycles. The first-order valence-electron chi connectivity index (χ1n) is 5.28. The van der Waals surface area contributed by atoms with E-state index in [0.717, 1.165) is 38.3 Å². The molecule has 1 atom stereocenters. The van der Waals surface area contributed by atoms with Gasteiger partial charge in [0.1, 0.15) is 0 Å². The number of nitrogens with one attached hydrogen (secondary N) is 1. The number of halogens is 1. The molecule has 0 aliphatic carbocycles. The maximum atomic E-state index is 12.7. The van der Waals surface area contributed by atoms with Crippen molar-refractivity contribution in [1.29, 1.82) is 0 Å². The molecule has 4 heteroatoms. The molecule has 0 aromatic carbocycles. The van der Waals surface area contributed by atoms with Gasteiger partial charge in [0, 0.05) is 37.7 Å². The number of anilines is 1. The van der Waals surface area contributed by atoms with Crippen molar-refractivity contribution in [2.75, 3.05) is 25.1 Å². The average Bonchev–Trinajstić information content (AvgIpc) is 2.71. The van der Waals surface area contributed by atoms with Crippen LogP contribution in [0.25, 0.3) is 0 Å². The van der Waals surface area contributed by atoms with Crippen LogP contribution in [0.3, 0.4) is 0 Å². The Morgan fingerprint density at radius 1 is 1.60 bits per heavy atom. The van der Waals surface area contributed by atoms with Crippen LogP contribution in [0, 0.1) is 11.9 Å². The smallest absolute Gasteiger partial charge is 0.214 e. The number of nitrogens with zero attached hydrogens (tertiary/aromatic N) is 1. The number of hydrogen-bond acceptors (Lipinski definition) is 3. The van der Waals surface area contributed by atoms with Crippen LogP contribution in [0.2, 0.25) is 0 Å². The predicted octanol–water partition coefficient (Wildman–Crippen LogP) is 2.06. The standard InChI is InChI=1S/C11H15FN2O/c12-11-7-10(2-5-14-11)13-4-1-9-3-6-15-8-9/h2,5,7,9H,1,3-4,6,8H2,(H,13,14). The van der Waals surface area contributed by atoms with E-state index in [2.05, 4.69) is 10.3 Å². The lowest BCUT2D eigenvalue weighted by molar-refractivity contribution is 0.185. The minimum absolute atomic E-state index is 0.441. The zero-order valence-electron chi connectivity index (χ0n) is 8.58. The summed E-state index contributed by atoms with van der Waals surface area (Å²) in [6.07, 6.45) is 3.69. The van der Waals surface area contributed by atoms with E-state index in [-0.39, 0.29) is 0 Å². The van der Waals surface area contributed by atoms with E-state index in [0.29, 0.717) is 5.92 Å². The predicted molar refractivity (Wildman–Crippen MR) is 56.2 cm³/mol. The van der Waals surface area contributed by atoms with E-state index in [1.165, 1.54) is 12.3 Å². The molecule has 0 amide bonds. The van der Waals surface area contributed by atoms with Crippen LogP contribution in [0.1, 0.15) is 12.8 Å². The lowest BCUT2D eigenvalue weighted by Crippen LogP contribution is -2.09. The second-order valence-electron chi connectivity index (χ2n) is 3.81. The molecule has 2 heterocycles. The van der Waals surface area contributed by atoms with Gasteiger partial charge in [0.15, 0.2) is 0 Å². The first-order chi connectivity index (χ1) is 7.34. The fourth-order valence-electron chi connectivity index (χ4n) is 1.74. The van der Waals surface area contributed by atoms with Crippen molar-refractivity contribution in [3.05, 3.63) is 24.3 Å². The Hall–Kier alpha value is -1.16. The maximum Gasteiger partial charge on any atom is 0.214 e. The Balaban J connectivity index is 1.73. The van der Waals surface area contributed by atoms with Crippen LogP contribution in [-0.4, -0.2) is 24.7 Å². The van der Waals surface area contributed by atoms with Crippen molar-refractivity contribution in [2.45, 2.75) is 12.8 Å². The second kappa shape index (κ2) is 5.07. The van der Waals surface area contributed by atoms with Crippen LogP contribution < -0.4 is 5.32 Å². The Labute approximate surface area is 88.7 Å². The van der Waals surface area contributed by atoms with Crippen molar-refractivity contribution in [3.8, 4) is 0 Å². The van der Waals surface area contributed by atoms with Crippen molar-refractivity contribution >= 4 is 5.69 Å². The molecule has 1 unspecified atom stereocenters. The minimum Gasteiger partial charge on any atom is -0.385 e. The van der Waals surface area contributed by atoms with E-state index in [4.69, 9.17) is 4.74 Å². The molecule has 2 rings (SSSR count). The third-order valence-corrected chi connectivity index (χ3v) is 2.63. The SMILES string of the molecule is Fc1cc(NCCC2CCOC2)ccn1. The highest BCUT2D eigenvalue weighted by atomic mass is 19.1. The van der Waals surface area contributed by atoms with Crippen LogP contribution in [0.15, 0.2) is 18.3 Å². The van der Waals surface area contributed by atoms with E-state index >= 15 is 0 Å². The number of ether oxygens (including phenoxy) is 1. The van der Waals surface area contributed by atoms with Gasteiger partial charge in [-0.25, -0.2) is 4.98 Å². The summed E-state index contributed by atoms with van der Waals surface area (Å²) >= 11 is 0. The van der Waals surface area contributed by atoms with Gasteiger partial charge in [-0.15, -0.1) is 0 Å². The second-order valence-corrected chi connectivity index (χ2v) is 3.81. The van der Waals surface area contributed by atoms with Gasteiger partial charge in [0.05, 0.1) is 0 Å². The highest BCUT2D eigenvalue weighted by molar-refractivity contribution is 5.40. The summed E-state index contributed by atoms with van der Waals surface area (Å²) in [4.78, 5) is 3.50. The summed E-state index contributed by atoms with van der Waals surface area (Å²) in [6, 6.07) is 3.18. The molecular formula is C11H15FN2O. The largest absolute Gasteiger partial charge is 0.385 e. The lowest BCUT2D eigenvalue weighted by atomic mass is 10.1. The third kappa shape index (κ3) is 3.16. The number of pyridine rings is 1. The van der Waals surface area contributed by atoms with Crippen LogP contribution in [0.5, 0.6) is 0 Å². The molecule has 82 valence electrons. The minimum atomic E-state index is -0.441. The normalized spacial score (nSPS) is 20.5. The van der Waals surface area contributed by atoms with Gasteiger partial charge in [0.2, 0.25) is 5.95 Å². The van der Waals surface area contributed by atoms with E-state index in [9.17, 15) is 4.39 Å². The van der Waals surface area contributed by atoms with Gasteiger partial charge < -0.3 is 10.1 Å². The zero-order valence-corrected chi connectivity index (χ0v) is 8.58. The molecule has 0 bridgehead atoms. The van der Waals surface area contributed by atoms with Gasteiger partial charge in [0.25, 0.3) is 0 Å². The molecule has 1 saturated heterocycles. The van der Waals surface area contributed by atoms with Crippen molar-refractivity contribution < 1.29 is 9.13 Å². The van der Waals surface area contributed by atoms with Crippen LogP contribution in [-0.2, 0) is 4.74 Å². The summed E-state index contributed by atoms with van der Waals surface area (Å²) in [7, 11) is 0. The number of rotatable bonds is 4. The summed E-state index contributed by atoms with van der Waals surface area (Å²) < 4.78 is 18.0. The molecule has 15 heavy (non-hydrogen) atoms. The molecule has 1 aromatic heterocycles. The fourth-order valence-corrected chi connectivity index (χ4v) is 1.74. The molecule has 3 nitrogen and oxygen atoms in total. The van der Waals surface area contributed by atoms with Crippen molar-refractivity contribution in [3.63, 3.8) is 0 Å². The van der Waals surface area contributed by atoms with Gasteiger partial charge in [-0.1, -0.05) is 0 Å². The summed E-state index contributed by atoms with van der Waals surface area (Å²) in [5, 5.41) is 3.18. The number of hydrogen-bond donors (Lipinski definition) is 1. The lowest BCUT2D eigenvalue weighted by Gasteiger charge is -2.09. The van der Waals surface area contributed by atoms with Crippen LogP contribution in [0.4, 0.5) is 10.1 Å². The first-order valence-corrected chi connectivity index (χ1v) is 5.28. The summed E-state index contributed by atoms with van der Waals surface area (Å²) in [5.74, 6) is 0.216. The van der Waals surface area contributed by atoms with Crippen LogP contribution >= 0.6 is 0 Å².